The molecule has 23 heavy (non-hydrogen) atoms. The molecule has 7 heteroatoms. The molecule has 0 spiro atoms. The van der Waals surface area contributed by atoms with Gasteiger partial charge in [-0.3, -0.25) is 4.79 Å². The molecule has 0 aliphatic heterocycles. The summed E-state index contributed by atoms with van der Waals surface area (Å²) in [6.07, 6.45) is 0. The van der Waals surface area contributed by atoms with Crippen molar-refractivity contribution in [2.24, 2.45) is 0 Å². The molecule has 2 N–H and O–H groups in total. The third-order valence-electron chi connectivity index (χ3n) is 3.33. The number of nitrogens with one attached hydrogen (secondary N) is 2. The Morgan fingerprint density at radius 1 is 1.26 bits per heavy atom. The van der Waals surface area contributed by atoms with Crippen LogP contribution in [0.3, 0.4) is 0 Å². The molecule has 0 aliphatic rings. The molecule has 2 aromatic rings. The lowest BCUT2D eigenvalue weighted by Gasteiger charge is -2.15. The van der Waals surface area contributed by atoms with Crippen LogP contribution in [0.4, 0.5) is 5.13 Å². The summed E-state index contributed by atoms with van der Waals surface area (Å²) in [5.41, 5.74) is 1.23. The fourth-order valence-electron chi connectivity index (χ4n) is 1.98. The van der Waals surface area contributed by atoms with E-state index in [-0.39, 0.29) is 11.2 Å². The van der Waals surface area contributed by atoms with Crippen LogP contribution in [0.2, 0.25) is 0 Å². The van der Waals surface area contributed by atoms with E-state index in [0.717, 1.165) is 16.0 Å². The molecule has 1 heterocycles. The van der Waals surface area contributed by atoms with Gasteiger partial charge >= 0.3 is 0 Å². The molecule has 124 valence electrons. The maximum absolute atomic E-state index is 12.2. The summed E-state index contributed by atoms with van der Waals surface area (Å²) in [4.78, 5) is 12.2. The highest BCUT2D eigenvalue weighted by Crippen LogP contribution is 2.28. The zero-order chi connectivity index (χ0) is 16.7. The van der Waals surface area contributed by atoms with Gasteiger partial charge in [0.15, 0.2) is 4.34 Å². The second-order valence-electron chi connectivity index (χ2n) is 5.22. The summed E-state index contributed by atoms with van der Waals surface area (Å²) in [6, 6.07) is 10.2. The van der Waals surface area contributed by atoms with E-state index in [4.69, 9.17) is 0 Å². The van der Waals surface area contributed by atoms with Crippen LogP contribution >= 0.6 is 23.1 Å². The van der Waals surface area contributed by atoms with E-state index in [1.54, 1.807) is 0 Å². The van der Waals surface area contributed by atoms with Crippen LogP contribution < -0.4 is 10.6 Å². The zero-order valence-electron chi connectivity index (χ0n) is 13.6. The highest BCUT2D eigenvalue weighted by atomic mass is 32.2. The Labute approximate surface area is 145 Å². The smallest absolute Gasteiger partial charge is 0.233 e. The maximum Gasteiger partial charge on any atom is 0.233 e. The van der Waals surface area contributed by atoms with Gasteiger partial charge in [-0.15, -0.1) is 10.2 Å². The van der Waals surface area contributed by atoms with Crippen LogP contribution in [0.5, 0.6) is 0 Å². The Hall–Kier alpha value is -1.60. The van der Waals surface area contributed by atoms with E-state index in [1.807, 2.05) is 32.0 Å². The number of benzene rings is 1. The number of hydrogen-bond donors (Lipinski definition) is 2. The molecular weight excluding hydrogens is 328 g/mol. The lowest BCUT2D eigenvalue weighted by Crippen LogP contribution is -2.33. The first-order chi connectivity index (χ1) is 11.1. The average Bonchev–Trinajstić information content (AvgIpc) is 3.00. The maximum atomic E-state index is 12.2. The minimum atomic E-state index is -0.194. The van der Waals surface area contributed by atoms with E-state index in [2.05, 4.69) is 39.9 Å². The summed E-state index contributed by atoms with van der Waals surface area (Å²) in [5.74, 6) is 0.317. The van der Waals surface area contributed by atoms with Gasteiger partial charge in [-0.1, -0.05) is 60.4 Å². The second-order valence-corrected chi connectivity index (χ2v) is 7.79. The molecule has 1 aromatic carbocycles. The quantitative estimate of drug-likeness (QED) is 0.715. The normalized spacial score (nSPS) is 13.3. The van der Waals surface area contributed by atoms with E-state index in [1.165, 1.54) is 28.7 Å². The Kier molecular flexibility index (Phi) is 6.85. The molecule has 1 amide bonds. The Balaban J connectivity index is 1.80. The van der Waals surface area contributed by atoms with Crippen molar-refractivity contribution in [1.82, 2.24) is 15.5 Å². The summed E-state index contributed by atoms with van der Waals surface area (Å²) in [5, 5.41) is 14.9. The minimum absolute atomic E-state index is 0.0259. The van der Waals surface area contributed by atoms with Gasteiger partial charge in [0.1, 0.15) is 0 Å². The molecular formula is C16H22N4OS2. The van der Waals surface area contributed by atoms with Crippen molar-refractivity contribution in [2.45, 2.75) is 36.3 Å². The number of hydrogen-bond acceptors (Lipinski definition) is 6. The standard InChI is InChI=1S/C16H22N4OS2/c1-4-17-15-19-20-16(23-15)22-12(3)14(21)18-10-11(2)13-8-6-5-7-9-13/h5-9,11-12H,4,10H2,1-3H3,(H,17,19)(H,18,21). The Morgan fingerprint density at radius 2 is 2.00 bits per heavy atom. The van der Waals surface area contributed by atoms with Crippen LogP contribution in [-0.2, 0) is 4.79 Å². The number of amides is 1. The number of thioether (sulfide) groups is 1. The molecule has 5 nitrogen and oxygen atoms in total. The van der Waals surface area contributed by atoms with Crippen LogP contribution in [0.1, 0.15) is 32.3 Å². The van der Waals surface area contributed by atoms with E-state index >= 15 is 0 Å². The summed E-state index contributed by atoms with van der Waals surface area (Å²) in [6.45, 7) is 7.46. The van der Waals surface area contributed by atoms with Gasteiger partial charge in [-0.25, -0.2) is 0 Å². The van der Waals surface area contributed by atoms with Crippen molar-refractivity contribution >= 4 is 34.1 Å². The average molecular weight is 351 g/mol. The predicted octanol–water partition coefficient (Wildman–Crippen LogP) is 3.37. The molecule has 0 aliphatic carbocycles. The van der Waals surface area contributed by atoms with Gasteiger partial charge in [0.05, 0.1) is 5.25 Å². The lowest BCUT2D eigenvalue weighted by molar-refractivity contribution is -0.120. The monoisotopic (exact) mass is 350 g/mol. The fourth-order valence-corrected chi connectivity index (χ4v) is 3.97. The summed E-state index contributed by atoms with van der Waals surface area (Å²) < 4.78 is 0.805. The van der Waals surface area contributed by atoms with Crippen LogP contribution in [0.25, 0.3) is 0 Å². The number of carbonyl (C=O) groups is 1. The summed E-state index contributed by atoms with van der Waals surface area (Å²) >= 11 is 2.91. The third-order valence-corrected chi connectivity index (χ3v) is 5.40. The first-order valence-electron chi connectivity index (χ1n) is 7.66. The first kappa shape index (κ1) is 17.7. The van der Waals surface area contributed by atoms with Gasteiger partial charge in [0, 0.05) is 13.1 Å². The van der Waals surface area contributed by atoms with Gasteiger partial charge < -0.3 is 10.6 Å². The molecule has 0 saturated carbocycles. The van der Waals surface area contributed by atoms with Crippen molar-refractivity contribution in [2.75, 3.05) is 18.4 Å². The molecule has 0 radical (unpaired) electrons. The molecule has 2 atom stereocenters. The van der Waals surface area contributed by atoms with Crippen LogP contribution in [0, 0.1) is 0 Å². The number of aromatic nitrogens is 2. The minimum Gasteiger partial charge on any atom is -0.360 e. The highest BCUT2D eigenvalue weighted by Gasteiger charge is 2.17. The Morgan fingerprint density at radius 3 is 2.70 bits per heavy atom. The molecule has 2 unspecified atom stereocenters. The highest BCUT2D eigenvalue weighted by molar-refractivity contribution is 8.02. The number of nitrogens with zero attached hydrogens (tertiary/aromatic N) is 2. The zero-order valence-corrected chi connectivity index (χ0v) is 15.2. The van der Waals surface area contributed by atoms with Crippen molar-refractivity contribution in [1.29, 1.82) is 0 Å². The SMILES string of the molecule is CCNc1nnc(SC(C)C(=O)NCC(C)c2ccccc2)s1. The van der Waals surface area contributed by atoms with Crippen molar-refractivity contribution in [3.8, 4) is 0 Å². The van der Waals surface area contributed by atoms with E-state index in [9.17, 15) is 4.79 Å². The molecule has 1 aromatic heterocycles. The molecule has 0 fully saturated rings. The first-order valence-corrected chi connectivity index (χ1v) is 9.36. The van der Waals surface area contributed by atoms with Crippen molar-refractivity contribution in [3.63, 3.8) is 0 Å². The van der Waals surface area contributed by atoms with Gasteiger partial charge in [0.2, 0.25) is 11.0 Å². The van der Waals surface area contributed by atoms with Crippen molar-refractivity contribution < 1.29 is 4.79 Å². The number of rotatable bonds is 8. The van der Waals surface area contributed by atoms with Gasteiger partial charge in [-0.2, -0.15) is 0 Å². The largest absolute Gasteiger partial charge is 0.360 e. The Bertz CT molecular complexity index is 618. The van der Waals surface area contributed by atoms with Crippen LogP contribution in [-0.4, -0.2) is 34.4 Å². The van der Waals surface area contributed by atoms with Gasteiger partial charge in [0.25, 0.3) is 0 Å². The fraction of sp³-hybridized carbons (Fsp3) is 0.438. The topological polar surface area (TPSA) is 66.9 Å². The predicted molar refractivity (Wildman–Crippen MR) is 97.3 cm³/mol. The van der Waals surface area contributed by atoms with Crippen molar-refractivity contribution in [3.05, 3.63) is 35.9 Å². The second kappa shape index (κ2) is 8.88. The van der Waals surface area contributed by atoms with Crippen LogP contribution in [0.15, 0.2) is 34.7 Å². The number of carbonyl (C=O) groups excluding carboxylic acids is 1. The number of anilines is 1. The molecule has 0 saturated heterocycles. The van der Waals surface area contributed by atoms with E-state index < -0.39 is 0 Å². The molecule has 2 rings (SSSR count). The molecule has 0 bridgehead atoms. The lowest BCUT2D eigenvalue weighted by atomic mass is 10.0. The summed E-state index contributed by atoms with van der Waals surface area (Å²) in [7, 11) is 0. The third kappa shape index (κ3) is 5.51. The van der Waals surface area contributed by atoms with E-state index in [0.29, 0.717) is 12.5 Å². The van der Waals surface area contributed by atoms with Gasteiger partial charge in [-0.05, 0) is 25.3 Å².